The van der Waals surface area contributed by atoms with Crippen molar-refractivity contribution in [2.24, 2.45) is 0 Å². The van der Waals surface area contributed by atoms with Crippen LogP contribution in [-0.4, -0.2) is 31.2 Å². The lowest BCUT2D eigenvalue weighted by molar-refractivity contribution is -0.385. The Morgan fingerprint density at radius 3 is 2.74 bits per heavy atom. The van der Waals surface area contributed by atoms with Gasteiger partial charge in [-0.1, -0.05) is 17.8 Å². The number of anilines is 1. The minimum Gasteiger partial charge on any atom is -0.325 e. The van der Waals surface area contributed by atoms with Crippen molar-refractivity contribution in [2.45, 2.75) is 11.3 Å². The maximum atomic E-state index is 13.1. The smallest absolute Gasteiger partial charge is 0.325 e. The Bertz CT molecular complexity index is 1020. The summed E-state index contributed by atoms with van der Waals surface area (Å²) in [5, 5.41) is 21.0. The number of thioether (sulfide) groups is 1. The van der Waals surface area contributed by atoms with Gasteiger partial charge in [0.2, 0.25) is 5.91 Å². The fourth-order valence-corrected chi connectivity index (χ4v) is 2.95. The number of carbonyl (C=O) groups excluding carboxylic acids is 1. The van der Waals surface area contributed by atoms with E-state index in [1.807, 2.05) is 0 Å². The van der Waals surface area contributed by atoms with E-state index in [2.05, 4.69) is 15.5 Å². The zero-order valence-electron chi connectivity index (χ0n) is 13.3. The number of hydrogen-bond donors (Lipinski definition) is 1. The summed E-state index contributed by atoms with van der Waals surface area (Å²) in [5.41, 5.74) is -1.99. The summed E-state index contributed by atoms with van der Waals surface area (Å²) >= 11 is 0.993. The molecule has 0 fully saturated rings. The van der Waals surface area contributed by atoms with Gasteiger partial charge in [-0.25, -0.2) is 0 Å². The molecule has 0 atom stereocenters. The van der Waals surface area contributed by atoms with Crippen LogP contribution in [0.3, 0.4) is 0 Å². The van der Waals surface area contributed by atoms with Gasteiger partial charge in [0.15, 0.2) is 10.8 Å². The van der Waals surface area contributed by atoms with Crippen LogP contribution in [0.2, 0.25) is 0 Å². The van der Waals surface area contributed by atoms with Gasteiger partial charge in [-0.2, -0.15) is 13.2 Å². The molecule has 2 heterocycles. The average Bonchev–Trinajstić information content (AvgIpc) is 3.02. The highest BCUT2D eigenvalue weighted by molar-refractivity contribution is 7.99. The van der Waals surface area contributed by atoms with Crippen LogP contribution in [0.25, 0.3) is 5.65 Å². The lowest BCUT2D eigenvalue weighted by atomic mass is 10.1. The lowest BCUT2D eigenvalue weighted by Crippen LogP contribution is -2.18. The van der Waals surface area contributed by atoms with Gasteiger partial charge < -0.3 is 5.32 Å². The number of carbonyl (C=O) groups is 1. The van der Waals surface area contributed by atoms with E-state index in [0.29, 0.717) is 16.9 Å². The summed E-state index contributed by atoms with van der Waals surface area (Å²) in [6.07, 6.45) is -3.17. The molecule has 0 spiro atoms. The maximum Gasteiger partial charge on any atom is 0.418 e. The third-order valence-electron chi connectivity index (χ3n) is 3.41. The second-order valence-corrected chi connectivity index (χ2v) is 6.18. The molecule has 2 aromatic heterocycles. The van der Waals surface area contributed by atoms with Crippen molar-refractivity contribution in [3.8, 4) is 0 Å². The molecule has 3 aromatic rings. The van der Waals surface area contributed by atoms with E-state index in [9.17, 15) is 28.1 Å². The zero-order valence-corrected chi connectivity index (χ0v) is 14.1. The van der Waals surface area contributed by atoms with Gasteiger partial charge in [0, 0.05) is 18.3 Å². The Kier molecular flexibility index (Phi) is 4.99. The van der Waals surface area contributed by atoms with Crippen LogP contribution in [0, 0.1) is 10.1 Å². The Labute approximate surface area is 153 Å². The summed E-state index contributed by atoms with van der Waals surface area (Å²) in [5.74, 6) is -0.934. The van der Waals surface area contributed by atoms with Gasteiger partial charge >= 0.3 is 6.18 Å². The molecular formula is C15H10F3N5O3S. The van der Waals surface area contributed by atoms with Crippen LogP contribution >= 0.6 is 11.8 Å². The fraction of sp³-hybridized carbons (Fsp3) is 0.133. The van der Waals surface area contributed by atoms with Crippen LogP contribution in [0.5, 0.6) is 0 Å². The van der Waals surface area contributed by atoms with Crippen molar-refractivity contribution in [3.05, 3.63) is 58.3 Å². The molecule has 27 heavy (non-hydrogen) atoms. The topological polar surface area (TPSA) is 102 Å². The summed E-state index contributed by atoms with van der Waals surface area (Å²) in [7, 11) is 0. The van der Waals surface area contributed by atoms with Crippen LogP contribution in [0.1, 0.15) is 5.56 Å². The van der Waals surface area contributed by atoms with Gasteiger partial charge in [-0.3, -0.25) is 19.3 Å². The Balaban J connectivity index is 1.75. The normalized spacial score (nSPS) is 11.5. The van der Waals surface area contributed by atoms with E-state index in [1.54, 1.807) is 28.8 Å². The minimum absolute atomic E-state index is 0.218. The predicted octanol–water partition coefficient (Wildman–Crippen LogP) is 3.39. The number of rotatable bonds is 5. The number of amides is 1. The molecule has 0 unspecified atom stereocenters. The van der Waals surface area contributed by atoms with Crippen molar-refractivity contribution in [1.29, 1.82) is 0 Å². The number of alkyl halides is 3. The number of nitro groups is 1. The van der Waals surface area contributed by atoms with Gasteiger partial charge in [0.25, 0.3) is 5.69 Å². The van der Waals surface area contributed by atoms with Gasteiger partial charge in [0.1, 0.15) is 0 Å². The highest BCUT2D eigenvalue weighted by Crippen LogP contribution is 2.37. The summed E-state index contributed by atoms with van der Waals surface area (Å²) in [6, 6.07) is 7.35. The Hall–Kier alpha value is -3.15. The first kappa shape index (κ1) is 18.6. The first-order valence-corrected chi connectivity index (χ1v) is 8.32. The number of fused-ring (bicyclic) bond motifs is 1. The summed E-state index contributed by atoms with van der Waals surface area (Å²) in [4.78, 5) is 21.8. The quantitative estimate of drug-likeness (QED) is 0.402. The maximum absolute atomic E-state index is 13.1. The van der Waals surface area contributed by atoms with Crippen molar-refractivity contribution >= 4 is 34.7 Å². The summed E-state index contributed by atoms with van der Waals surface area (Å²) < 4.78 is 41.0. The third kappa shape index (κ3) is 4.16. The van der Waals surface area contributed by atoms with Gasteiger partial charge in [-0.05, 0) is 18.2 Å². The molecule has 140 valence electrons. The third-order valence-corrected chi connectivity index (χ3v) is 4.35. The molecule has 1 N–H and O–H groups in total. The molecule has 3 rings (SSSR count). The molecule has 0 saturated heterocycles. The molecule has 1 amide bonds. The standard InChI is InChI=1S/C15H10F3N5O3S/c16-15(17,18)10-7-9(23(25)26)4-5-11(10)19-13(24)8-27-14-21-20-12-3-1-2-6-22(12)14/h1-7H,8H2,(H,19,24). The minimum atomic E-state index is -4.86. The van der Waals surface area contributed by atoms with Gasteiger partial charge in [-0.15, -0.1) is 10.2 Å². The number of nitrogens with one attached hydrogen (secondary N) is 1. The number of aromatic nitrogens is 3. The van der Waals surface area contributed by atoms with Crippen molar-refractivity contribution in [3.63, 3.8) is 0 Å². The van der Waals surface area contributed by atoms with E-state index in [1.165, 1.54) is 0 Å². The molecular weight excluding hydrogens is 387 g/mol. The molecule has 12 heteroatoms. The van der Waals surface area contributed by atoms with Crippen molar-refractivity contribution in [1.82, 2.24) is 14.6 Å². The number of nitro benzene ring substituents is 1. The lowest BCUT2D eigenvalue weighted by Gasteiger charge is -2.13. The highest BCUT2D eigenvalue weighted by Gasteiger charge is 2.35. The molecule has 0 aliphatic carbocycles. The number of non-ortho nitro benzene ring substituents is 1. The number of benzene rings is 1. The number of halogens is 3. The Morgan fingerprint density at radius 1 is 1.26 bits per heavy atom. The van der Waals surface area contributed by atoms with Crippen LogP contribution < -0.4 is 5.32 Å². The van der Waals surface area contributed by atoms with E-state index in [4.69, 9.17) is 0 Å². The molecule has 8 nitrogen and oxygen atoms in total. The monoisotopic (exact) mass is 397 g/mol. The van der Waals surface area contributed by atoms with E-state index < -0.39 is 33.9 Å². The highest BCUT2D eigenvalue weighted by atomic mass is 32.2. The molecule has 0 aliphatic rings. The van der Waals surface area contributed by atoms with E-state index in [0.717, 1.165) is 23.9 Å². The number of pyridine rings is 1. The number of nitrogens with zero attached hydrogens (tertiary/aromatic N) is 4. The van der Waals surface area contributed by atoms with Crippen LogP contribution in [-0.2, 0) is 11.0 Å². The molecule has 0 saturated carbocycles. The molecule has 0 bridgehead atoms. The molecule has 0 radical (unpaired) electrons. The first-order valence-electron chi connectivity index (χ1n) is 7.34. The first-order chi connectivity index (χ1) is 12.8. The Morgan fingerprint density at radius 2 is 2.04 bits per heavy atom. The largest absolute Gasteiger partial charge is 0.418 e. The number of hydrogen-bond acceptors (Lipinski definition) is 6. The van der Waals surface area contributed by atoms with Crippen LogP contribution in [0.4, 0.5) is 24.5 Å². The van der Waals surface area contributed by atoms with E-state index in [-0.39, 0.29) is 5.75 Å². The predicted molar refractivity (Wildman–Crippen MR) is 90.4 cm³/mol. The van der Waals surface area contributed by atoms with E-state index >= 15 is 0 Å². The summed E-state index contributed by atoms with van der Waals surface area (Å²) in [6.45, 7) is 0. The molecule has 0 aliphatic heterocycles. The van der Waals surface area contributed by atoms with Crippen molar-refractivity contribution in [2.75, 3.05) is 11.1 Å². The average molecular weight is 397 g/mol. The van der Waals surface area contributed by atoms with Crippen LogP contribution in [0.15, 0.2) is 47.8 Å². The SMILES string of the molecule is O=C(CSc1nnc2ccccn12)Nc1ccc([N+](=O)[O-])cc1C(F)(F)F. The van der Waals surface area contributed by atoms with Gasteiger partial charge in [0.05, 0.1) is 21.9 Å². The zero-order chi connectivity index (χ0) is 19.6. The second kappa shape index (κ2) is 7.23. The molecule has 1 aromatic carbocycles. The second-order valence-electron chi connectivity index (χ2n) is 5.23. The van der Waals surface area contributed by atoms with Crippen molar-refractivity contribution < 1.29 is 22.9 Å². The fourth-order valence-electron chi connectivity index (χ4n) is 2.22.